The number of halogens is 1. The Bertz CT molecular complexity index is 337. The van der Waals surface area contributed by atoms with Crippen LogP contribution in [0.2, 0.25) is 0 Å². The maximum absolute atomic E-state index is 12.4. The van der Waals surface area contributed by atoms with Crippen molar-refractivity contribution < 1.29 is 14.1 Å². The molecule has 0 aliphatic heterocycles. The molecule has 0 bridgehead atoms. The van der Waals surface area contributed by atoms with Crippen LogP contribution in [0.4, 0.5) is 10.1 Å². The van der Waals surface area contributed by atoms with Gasteiger partial charge in [0, 0.05) is 0 Å². The van der Waals surface area contributed by atoms with E-state index in [1.54, 1.807) is 0 Å². The highest BCUT2D eigenvalue weighted by Crippen LogP contribution is 2.17. The van der Waals surface area contributed by atoms with Crippen LogP contribution in [0.3, 0.4) is 0 Å². The van der Waals surface area contributed by atoms with Gasteiger partial charge in [0.1, 0.15) is 11.4 Å². The van der Waals surface area contributed by atoms with Crippen molar-refractivity contribution in [3.63, 3.8) is 0 Å². The van der Waals surface area contributed by atoms with Gasteiger partial charge < -0.3 is 0 Å². The van der Waals surface area contributed by atoms with E-state index in [0.29, 0.717) is 6.07 Å². The van der Waals surface area contributed by atoms with Gasteiger partial charge in [0.05, 0.1) is 11.0 Å². The molecule has 0 spiro atoms. The van der Waals surface area contributed by atoms with Crippen LogP contribution in [0.15, 0.2) is 18.2 Å². The molecule has 1 aromatic carbocycles. The van der Waals surface area contributed by atoms with E-state index in [9.17, 15) is 19.3 Å². The first-order valence-corrected chi connectivity index (χ1v) is 2.97. The predicted molar refractivity (Wildman–Crippen MR) is 37.8 cm³/mol. The lowest BCUT2D eigenvalue weighted by atomic mass is 10.2. The lowest BCUT2D eigenvalue weighted by Gasteiger charge is -1.93. The predicted octanol–water partition coefficient (Wildman–Crippen LogP) is 1.19. The molecule has 0 aliphatic carbocycles. The summed E-state index contributed by atoms with van der Waals surface area (Å²) in [6.07, 6.45) is 1.35. The van der Waals surface area contributed by atoms with Crippen LogP contribution in [0, 0.1) is 15.9 Å². The van der Waals surface area contributed by atoms with Gasteiger partial charge in [-0.25, -0.2) is 4.39 Å². The summed E-state index contributed by atoms with van der Waals surface area (Å²) in [6.45, 7) is 0. The van der Waals surface area contributed by atoms with Crippen LogP contribution in [0.1, 0.15) is 5.56 Å². The number of nitrogens with zero attached hydrogens (tertiary/aromatic N) is 1. The van der Waals surface area contributed by atoms with Crippen LogP contribution < -0.4 is 0 Å². The molecule has 0 aromatic heterocycles. The van der Waals surface area contributed by atoms with Crippen LogP contribution >= 0.6 is 0 Å². The monoisotopic (exact) mass is 168 g/mol. The van der Waals surface area contributed by atoms with Crippen molar-refractivity contribution in [2.24, 2.45) is 0 Å². The van der Waals surface area contributed by atoms with Crippen LogP contribution in [0.25, 0.3) is 0 Å². The number of nitro benzene ring substituents is 1. The molecule has 4 nitrogen and oxygen atoms in total. The molecule has 0 unspecified atom stereocenters. The van der Waals surface area contributed by atoms with E-state index >= 15 is 0 Å². The van der Waals surface area contributed by atoms with Gasteiger partial charge in [0.25, 0.3) is 5.69 Å². The average Bonchev–Trinajstić information content (AvgIpc) is 2.04. The lowest BCUT2D eigenvalue weighted by Crippen LogP contribution is -1.94. The van der Waals surface area contributed by atoms with E-state index in [1.165, 1.54) is 6.29 Å². The van der Waals surface area contributed by atoms with Crippen molar-refractivity contribution in [2.75, 3.05) is 0 Å². The molecule has 0 aliphatic rings. The summed E-state index contributed by atoms with van der Waals surface area (Å²) >= 11 is 0. The summed E-state index contributed by atoms with van der Waals surface area (Å²) in [7, 11) is 0. The molecular formula is C7H3FNO3. The van der Waals surface area contributed by atoms with Gasteiger partial charge >= 0.3 is 0 Å². The van der Waals surface area contributed by atoms with E-state index in [2.05, 4.69) is 0 Å². The molecule has 61 valence electrons. The van der Waals surface area contributed by atoms with E-state index in [0.717, 1.165) is 12.1 Å². The number of benzene rings is 1. The first kappa shape index (κ1) is 8.32. The quantitative estimate of drug-likeness (QED) is 0.492. The zero-order chi connectivity index (χ0) is 9.14. The molecule has 1 radical (unpaired) electrons. The van der Waals surface area contributed by atoms with Crippen LogP contribution in [-0.4, -0.2) is 11.2 Å². The molecular weight excluding hydrogens is 165 g/mol. The molecule has 0 fully saturated rings. The first-order valence-electron chi connectivity index (χ1n) is 2.97. The van der Waals surface area contributed by atoms with Crippen molar-refractivity contribution in [3.05, 3.63) is 39.7 Å². The van der Waals surface area contributed by atoms with Crippen LogP contribution in [0.5, 0.6) is 0 Å². The molecule has 1 rings (SSSR count). The summed E-state index contributed by atoms with van der Waals surface area (Å²) in [4.78, 5) is 19.5. The van der Waals surface area contributed by atoms with E-state index in [-0.39, 0.29) is 5.56 Å². The average molecular weight is 168 g/mol. The third kappa shape index (κ3) is 1.45. The fraction of sp³-hybridized carbons (Fsp3) is 0. The Labute approximate surface area is 66.8 Å². The van der Waals surface area contributed by atoms with E-state index in [4.69, 9.17) is 0 Å². The van der Waals surface area contributed by atoms with Gasteiger partial charge in [-0.05, 0) is 12.1 Å². The molecule has 0 saturated carbocycles. The fourth-order valence-electron chi connectivity index (χ4n) is 0.742. The maximum Gasteiger partial charge on any atom is 0.283 e. The van der Waals surface area contributed by atoms with Crippen LogP contribution in [-0.2, 0) is 4.79 Å². The molecule has 1 aromatic rings. The summed E-state index contributed by atoms with van der Waals surface area (Å²) in [5, 5.41) is 10.2. The Balaban J connectivity index is 3.30. The Kier molecular flexibility index (Phi) is 2.14. The second kappa shape index (κ2) is 3.08. The second-order valence-electron chi connectivity index (χ2n) is 2.02. The number of hydrogen-bond acceptors (Lipinski definition) is 3. The summed E-state index contributed by atoms with van der Waals surface area (Å²) in [5.74, 6) is -0.749. The third-order valence-corrected chi connectivity index (χ3v) is 1.27. The Morgan fingerprint density at radius 2 is 2.17 bits per heavy atom. The minimum absolute atomic E-state index is 0.249. The lowest BCUT2D eigenvalue weighted by molar-refractivity contribution is -0.385. The molecule has 5 heteroatoms. The number of rotatable bonds is 2. The highest BCUT2D eigenvalue weighted by Gasteiger charge is 2.13. The summed E-state index contributed by atoms with van der Waals surface area (Å²) < 4.78 is 12.4. The smallest absolute Gasteiger partial charge is 0.283 e. The normalized spacial score (nSPS) is 9.42. The number of nitro groups is 1. The molecule has 12 heavy (non-hydrogen) atoms. The van der Waals surface area contributed by atoms with Crippen molar-refractivity contribution in [3.8, 4) is 0 Å². The molecule has 0 atom stereocenters. The van der Waals surface area contributed by atoms with Gasteiger partial charge in [0.2, 0.25) is 6.29 Å². The second-order valence-corrected chi connectivity index (χ2v) is 2.02. The van der Waals surface area contributed by atoms with E-state index < -0.39 is 16.4 Å². The summed E-state index contributed by atoms with van der Waals surface area (Å²) in [6, 6.07) is 2.66. The first-order chi connectivity index (χ1) is 5.65. The number of hydrogen-bond donors (Lipinski definition) is 0. The van der Waals surface area contributed by atoms with Crippen molar-refractivity contribution in [1.82, 2.24) is 0 Å². The Morgan fingerprint density at radius 3 is 2.67 bits per heavy atom. The Hall–Kier alpha value is -1.78. The minimum Gasteiger partial charge on any atom is -0.285 e. The molecule has 0 heterocycles. The largest absolute Gasteiger partial charge is 0.285 e. The van der Waals surface area contributed by atoms with Gasteiger partial charge in [-0.1, -0.05) is 0 Å². The molecule has 0 amide bonds. The fourth-order valence-corrected chi connectivity index (χ4v) is 0.742. The van der Waals surface area contributed by atoms with E-state index in [1.807, 2.05) is 0 Å². The van der Waals surface area contributed by atoms with Gasteiger partial charge in [-0.3, -0.25) is 14.9 Å². The zero-order valence-corrected chi connectivity index (χ0v) is 5.78. The Morgan fingerprint density at radius 1 is 1.50 bits per heavy atom. The van der Waals surface area contributed by atoms with Gasteiger partial charge in [-0.15, -0.1) is 0 Å². The molecule has 0 saturated heterocycles. The SMILES string of the molecule is O=[C]c1ccc(F)cc1[N+](=O)[O-]. The molecule has 0 N–H and O–H groups in total. The maximum atomic E-state index is 12.4. The highest BCUT2D eigenvalue weighted by atomic mass is 19.1. The highest BCUT2D eigenvalue weighted by molar-refractivity contribution is 5.81. The minimum atomic E-state index is -0.830. The van der Waals surface area contributed by atoms with Crippen molar-refractivity contribution in [2.45, 2.75) is 0 Å². The third-order valence-electron chi connectivity index (χ3n) is 1.27. The number of carbonyl (C=O) groups excluding carboxylic acids is 1. The standard InChI is InChI=1S/C7H3FNO3/c8-6-2-1-5(4-10)7(3-6)9(11)12/h1-3H. The summed E-state index contributed by atoms with van der Waals surface area (Å²) in [5.41, 5.74) is -0.814. The zero-order valence-electron chi connectivity index (χ0n) is 5.78. The van der Waals surface area contributed by atoms with Gasteiger partial charge in [-0.2, -0.15) is 0 Å². The van der Waals surface area contributed by atoms with Gasteiger partial charge in [0.15, 0.2) is 0 Å². The topological polar surface area (TPSA) is 60.2 Å². The van der Waals surface area contributed by atoms with Crippen molar-refractivity contribution in [1.29, 1.82) is 0 Å². The van der Waals surface area contributed by atoms with Crippen molar-refractivity contribution >= 4 is 12.0 Å².